The zero-order valence-corrected chi connectivity index (χ0v) is 10.2. The van der Waals surface area contributed by atoms with Crippen molar-refractivity contribution in [2.45, 2.75) is 27.0 Å². The minimum Gasteiger partial charge on any atom is -0.485 e. The van der Waals surface area contributed by atoms with E-state index in [1.165, 1.54) is 5.56 Å². The van der Waals surface area contributed by atoms with Crippen molar-refractivity contribution in [2.75, 3.05) is 0 Å². The molecule has 0 unspecified atom stereocenters. The monoisotopic (exact) mass is 231 g/mol. The van der Waals surface area contributed by atoms with Gasteiger partial charge in [0.05, 0.1) is 6.26 Å². The molecular weight excluding hydrogens is 214 g/mol. The van der Waals surface area contributed by atoms with E-state index >= 15 is 0 Å². The summed E-state index contributed by atoms with van der Waals surface area (Å²) in [6.07, 6.45) is 1.64. The van der Waals surface area contributed by atoms with Gasteiger partial charge in [0.1, 0.15) is 18.1 Å². The molecule has 2 N–H and O–H groups in total. The Kier molecular flexibility index (Phi) is 3.49. The van der Waals surface area contributed by atoms with Crippen LogP contribution in [0, 0.1) is 13.8 Å². The highest BCUT2D eigenvalue weighted by atomic mass is 16.5. The van der Waals surface area contributed by atoms with Gasteiger partial charge in [-0.2, -0.15) is 0 Å². The highest BCUT2D eigenvalue weighted by Crippen LogP contribution is 2.21. The first-order valence-electron chi connectivity index (χ1n) is 5.66. The molecule has 0 aliphatic heterocycles. The van der Waals surface area contributed by atoms with Crippen LogP contribution in [0.15, 0.2) is 34.9 Å². The van der Waals surface area contributed by atoms with Gasteiger partial charge >= 0.3 is 0 Å². The molecule has 2 rings (SSSR count). The number of rotatable bonds is 4. The minimum absolute atomic E-state index is 0.420. The second-order valence-electron chi connectivity index (χ2n) is 4.13. The third-order valence-corrected chi connectivity index (χ3v) is 2.75. The third kappa shape index (κ3) is 2.68. The van der Waals surface area contributed by atoms with Crippen LogP contribution in [0.2, 0.25) is 0 Å². The largest absolute Gasteiger partial charge is 0.485 e. The van der Waals surface area contributed by atoms with Crippen LogP contribution >= 0.6 is 0 Å². The summed E-state index contributed by atoms with van der Waals surface area (Å²) in [6.45, 7) is 5.00. The van der Waals surface area contributed by atoms with Crippen LogP contribution in [0.5, 0.6) is 5.75 Å². The van der Waals surface area contributed by atoms with Gasteiger partial charge in [-0.05, 0) is 31.5 Å². The Labute approximate surface area is 101 Å². The number of furan rings is 1. The van der Waals surface area contributed by atoms with Gasteiger partial charge in [-0.15, -0.1) is 0 Å². The molecule has 3 heteroatoms. The van der Waals surface area contributed by atoms with Crippen molar-refractivity contribution in [3.05, 3.63) is 53.0 Å². The molecule has 2 aromatic rings. The Balaban J connectivity index is 2.07. The quantitative estimate of drug-likeness (QED) is 0.880. The van der Waals surface area contributed by atoms with Crippen LogP contribution in [0.4, 0.5) is 0 Å². The van der Waals surface area contributed by atoms with E-state index in [0.29, 0.717) is 13.2 Å². The van der Waals surface area contributed by atoms with Crippen molar-refractivity contribution in [1.29, 1.82) is 0 Å². The molecule has 1 heterocycles. The van der Waals surface area contributed by atoms with Crippen molar-refractivity contribution < 1.29 is 9.15 Å². The summed E-state index contributed by atoms with van der Waals surface area (Å²) >= 11 is 0. The highest BCUT2D eigenvalue weighted by Gasteiger charge is 2.06. The van der Waals surface area contributed by atoms with Crippen LogP contribution in [0.25, 0.3) is 0 Å². The molecule has 0 radical (unpaired) electrons. The van der Waals surface area contributed by atoms with Gasteiger partial charge < -0.3 is 14.9 Å². The van der Waals surface area contributed by atoms with E-state index in [0.717, 1.165) is 22.6 Å². The van der Waals surface area contributed by atoms with Gasteiger partial charge in [0.2, 0.25) is 0 Å². The zero-order valence-electron chi connectivity index (χ0n) is 10.2. The summed E-state index contributed by atoms with van der Waals surface area (Å²) in [5.41, 5.74) is 8.96. The second-order valence-corrected chi connectivity index (χ2v) is 4.13. The van der Waals surface area contributed by atoms with Gasteiger partial charge in [0.15, 0.2) is 0 Å². The number of hydrogen-bond donors (Lipinski definition) is 1. The molecule has 0 saturated carbocycles. The molecule has 0 bridgehead atoms. The van der Waals surface area contributed by atoms with Gasteiger partial charge in [0, 0.05) is 12.1 Å². The van der Waals surface area contributed by atoms with E-state index in [2.05, 4.69) is 13.0 Å². The lowest BCUT2D eigenvalue weighted by Crippen LogP contribution is -2.02. The van der Waals surface area contributed by atoms with E-state index in [1.54, 1.807) is 6.26 Å². The molecule has 3 nitrogen and oxygen atoms in total. The van der Waals surface area contributed by atoms with E-state index in [9.17, 15) is 0 Å². The maximum absolute atomic E-state index is 5.73. The molecular formula is C14H17NO2. The molecule has 0 fully saturated rings. The summed E-state index contributed by atoms with van der Waals surface area (Å²) < 4.78 is 11.1. The normalized spacial score (nSPS) is 10.5. The predicted octanol–water partition coefficient (Wildman–Crippen LogP) is 2.93. The molecule has 0 saturated heterocycles. The van der Waals surface area contributed by atoms with E-state index in [1.807, 2.05) is 25.1 Å². The first-order chi connectivity index (χ1) is 8.20. The number of aryl methyl sites for hydroxylation is 2. The molecule has 0 aliphatic carbocycles. The van der Waals surface area contributed by atoms with Crippen LogP contribution in [-0.2, 0) is 13.2 Å². The molecule has 1 aromatic carbocycles. The lowest BCUT2D eigenvalue weighted by Gasteiger charge is -2.09. The summed E-state index contributed by atoms with van der Waals surface area (Å²) in [5.74, 6) is 1.68. The smallest absolute Gasteiger partial charge is 0.146 e. The van der Waals surface area contributed by atoms with E-state index in [4.69, 9.17) is 14.9 Å². The minimum atomic E-state index is 0.420. The zero-order chi connectivity index (χ0) is 12.3. The maximum atomic E-state index is 5.73. The predicted molar refractivity (Wildman–Crippen MR) is 66.8 cm³/mol. The molecule has 1 aromatic heterocycles. The fraction of sp³-hybridized carbons (Fsp3) is 0.286. The van der Waals surface area contributed by atoms with Crippen LogP contribution in [0.3, 0.4) is 0 Å². The standard InChI is InChI=1S/C14H17NO2/c1-10-3-4-13(11(2)7-10)17-9-14-12(8-15)5-6-16-14/h3-7H,8-9,15H2,1-2H3. The van der Waals surface area contributed by atoms with Crippen LogP contribution in [-0.4, -0.2) is 0 Å². The number of hydrogen-bond acceptors (Lipinski definition) is 3. The number of benzene rings is 1. The Hall–Kier alpha value is -1.74. The summed E-state index contributed by atoms with van der Waals surface area (Å²) in [4.78, 5) is 0. The van der Waals surface area contributed by atoms with Crippen molar-refractivity contribution in [3.63, 3.8) is 0 Å². The van der Waals surface area contributed by atoms with Gasteiger partial charge in [-0.3, -0.25) is 0 Å². The van der Waals surface area contributed by atoms with Crippen molar-refractivity contribution in [2.24, 2.45) is 5.73 Å². The molecule has 0 spiro atoms. The van der Waals surface area contributed by atoms with Crippen LogP contribution in [0.1, 0.15) is 22.5 Å². The third-order valence-electron chi connectivity index (χ3n) is 2.75. The Morgan fingerprint density at radius 3 is 2.76 bits per heavy atom. The van der Waals surface area contributed by atoms with Crippen molar-refractivity contribution >= 4 is 0 Å². The Bertz CT molecular complexity index is 503. The maximum Gasteiger partial charge on any atom is 0.146 e. The first-order valence-corrected chi connectivity index (χ1v) is 5.66. The lowest BCUT2D eigenvalue weighted by atomic mass is 10.1. The first kappa shape index (κ1) is 11.7. The molecule has 0 amide bonds. The van der Waals surface area contributed by atoms with Crippen LogP contribution < -0.4 is 10.5 Å². The number of nitrogens with two attached hydrogens (primary N) is 1. The van der Waals surface area contributed by atoms with Gasteiger partial charge in [-0.25, -0.2) is 0 Å². The van der Waals surface area contributed by atoms with Gasteiger partial charge in [-0.1, -0.05) is 17.7 Å². The average Bonchev–Trinajstić information content (AvgIpc) is 2.75. The van der Waals surface area contributed by atoms with Crippen molar-refractivity contribution in [3.8, 4) is 5.75 Å². The lowest BCUT2D eigenvalue weighted by molar-refractivity contribution is 0.267. The Morgan fingerprint density at radius 2 is 2.06 bits per heavy atom. The van der Waals surface area contributed by atoms with Gasteiger partial charge in [0.25, 0.3) is 0 Å². The summed E-state index contributed by atoms with van der Waals surface area (Å²) in [5, 5.41) is 0. The van der Waals surface area contributed by atoms with E-state index in [-0.39, 0.29) is 0 Å². The fourth-order valence-corrected chi connectivity index (χ4v) is 1.78. The second kappa shape index (κ2) is 5.06. The summed E-state index contributed by atoms with van der Waals surface area (Å²) in [6, 6.07) is 7.99. The van der Waals surface area contributed by atoms with Crippen molar-refractivity contribution in [1.82, 2.24) is 0 Å². The fourth-order valence-electron chi connectivity index (χ4n) is 1.78. The SMILES string of the molecule is Cc1ccc(OCc2occc2CN)c(C)c1. The summed E-state index contributed by atoms with van der Waals surface area (Å²) in [7, 11) is 0. The topological polar surface area (TPSA) is 48.4 Å². The number of ether oxygens (including phenoxy) is 1. The molecule has 0 aliphatic rings. The molecule has 0 atom stereocenters. The Morgan fingerprint density at radius 1 is 1.24 bits per heavy atom. The average molecular weight is 231 g/mol. The highest BCUT2D eigenvalue weighted by molar-refractivity contribution is 5.35. The molecule has 90 valence electrons. The molecule has 17 heavy (non-hydrogen) atoms. The van der Waals surface area contributed by atoms with E-state index < -0.39 is 0 Å².